The number of carboxylic acid groups (broad SMARTS) is 1. The zero-order valence-electron chi connectivity index (χ0n) is 35.6. The highest BCUT2D eigenvalue weighted by atomic mass is 35.5. The molecular formula is C43H27Cl12N9O8. The van der Waals surface area contributed by atoms with Crippen LogP contribution in [0.25, 0.3) is 0 Å². The Bertz CT molecular complexity index is 2850. The van der Waals surface area contributed by atoms with Gasteiger partial charge in [0, 0.05) is 11.1 Å². The van der Waals surface area contributed by atoms with Crippen molar-refractivity contribution in [2.75, 3.05) is 0 Å². The molecule has 0 amide bonds. The summed E-state index contributed by atoms with van der Waals surface area (Å²) < 4.78 is 9.43. The Balaban J connectivity index is 0.000000292. The number of pyridine rings is 6. The van der Waals surface area contributed by atoms with E-state index in [4.69, 9.17) is 159 Å². The first-order chi connectivity index (χ1) is 34.0. The van der Waals surface area contributed by atoms with E-state index in [9.17, 15) is 19.5 Å². The molecule has 0 saturated heterocycles. The molecule has 376 valence electrons. The SMILES string of the molecule is CC(=O)c1cc(Cl)nc(Cl)c1.N#Cc1cc(Cl)nc(Cl)c1.O=C(O)c1cc(Cl)nc(Cl)c1.O=Cc1cc(Cl)nc(Cl)c1.OC(c1cc(Cl)nc(Cl)c1)c1ncco1.OCc1cc(Cl)nc(Cl)c1.c1cocn1. The van der Waals surface area contributed by atoms with Crippen molar-refractivity contribution in [3.63, 3.8) is 0 Å². The molecule has 0 radical (unpaired) electrons. The first-order valence-corrected chi connectivity index (χ1v) is 23.1. The number of hydrogen-bond acceptors (Lipinski definition) is 16. The van der Waals surface area contributed by atoms with Crippen molar-refractivity contribution in [2.45, 2.75) is 19.6 Å². The zero-order chi connectivity index (χ0) is 53.9. The highest BCUT2D eigenvalue weighted by Crippen LogP contribution is 2.25. The minimum absolute atomic E-state index is 0.0370. The molecule has 1 unspecified atom stereocenters. The van der Waals surface area contributed by atoms with E-state index in [0.717, 1.165) is 0 Å². The number of carboxylic acids is 1. The van der Waals surface area contributed by atoms with Gasteiger partial charge in [0.05, 0.1) is 36.2 Å². The summed E-state index contributed by atoms with van der Waals surface area (Å²) in [5, 5.41) is 38.0. The van der Waals surface area contributed by atoms with Crippen molar-refractivity contribution in [1.82, 2.24) is 39.9 Å². The molecule has 1 atom stereocenters. The Labute approximate surface area is 468 Å². The Morgan fingerprint density at radius 2 is 1.01 bits per heavy atom. The number of aliphatic hydroxyl groups excluding tert-OH is 2. The lowest BCUT2D eigenvalue weighted by molar-refractivity contribution is 0.0696. The maximum atomic E-state index is 10.8. The van der Waals surface area contributed by atoms with Crippen molar-refractivity contribution < 1.29 is 38.5 Å². The van der Waals surface area contributed by atoms with Gasteiger partial charge in [-0.2, -0.15) is 5.26 Å². The quantitative estimate of drug-likeness (QED) is 0.0793. The van der Waals surface area contributed by atoms with E-state index in [2.05, 4.69) is 44.3 Å². The molecule has 0 bridgehead atoms. The lowest BCUT2D eigenvalue weighted by Gasteiger charge is -2.07. The minimum atomic E-state index is -1.07. The standard InChI is InChI=1S/C9H6Cl2N2O2.C7H5Cl2NO.C6H2Cl2N2.C6H3Cl2NO2.C6H5Cl2NO.C6H3Cl2NO.C3H3NO/c10-6-3-5(4-7(11)13-6)8(14)9-12-1-2-15-9;1-4(11)5-2-6(8)10-7(9)3-5;7-5-1-4(3-9)2-6(8)10-5;7-4-1-3(6(10)11)2-5(8)9-4;2*7-5-1-4(3-10)2-6(8)9-5;1-2-5-3-4-1/h1-4,8,14H;2-3H,1H3;1-2H;1-2H,(H,10,11);1-2,10H,3H2;1-3H;1-3H. The second-order valence-electron chi connectivity index (χ2n) is 12.4. The molecule has 0 aliphatic rings. The van der Waals surface area contributed by atoms with Gasteiger partial charge in [0.1, 0.15) is 80.6 Å². The Morgan fingerprint density at radius 3 is 1.33 bits per heavy atom. The van der Waals surface area contributed by atoms with Crippen LogP contribution in [0.3, 0.4) is 0 Å². The molecule has 0 saturated carbocycles. The maximum Gasteiger partial charge on any atom is 0.335 e. The molecule has 29 heteroatoms. The summed E-state index contributed by atoms with van der Waals surface area (Å²) in [6, 6.07) is 19.3. The summed E-state index contributed by atoms with van der Waals surface area (Å²) in [5.41, 5.74) is 2.53. The molecule has 3 N–H and O–H groups in total. The lowest BCUT2D eigenvalue weighted by atomic mass is 10.1. The van der Waals surface area contributed by atoms with Crippen LogP contribution in [0.2, 0.25) is 61.8 Å². The summed E-state index contributed by atoms with van der Waals surface area (Å²) in [6.07, 6.45) is 6.98. The number of halogens is 12. The van der Waals surface area contributed by atoms with E-state index >= 15 is 0 Å². The highest BCUT2D eigenvalue weighted by molar-refractivity contribution is 6.35. The van der Waals surface area contributed by atoms with Gasteiger partial charge in [-0.1, -0.05) is 139 Å². The number of ketones is 1. The van der Waals surface area contributed by atoms with Crippen molar-refractivity contribution >= 4 is 157 Å². The predicted octanol–water partition coefficient (Wildman–Crippen LogP) is 14.2. The molecule has 8 rings (SSSR count). The number of rotatable bonds is 6. The molecular weight excluding hydrogens is 1200 g/mol. The van der Waals surface area contributed by atoms with Gasteiger partial charge >= 0.3 is 5.97 Å². The number of Topliss-reactive ketones (excluding diaryl/α,β-unsaturated/α-hetero) is 1. The van der Waals surface area contributed by atoms with Crippen LogP contribution in [0.4, 0.5) is 0 Å². The van der Waals surface area contributed by atoms with E-state index in [1.807, 2.05) is 6.07 Å². The monoisotopic (exact) mass is 1220 g/mol. The number of aromatic nitrogens is 8. The fourth-order valence-corrected chi connectivity index (χ4v) is 7.11. The van der Waals surface area contributed by atoms with Gasteiger partial charge in [-0.05, 0) is 90.8 Å². The second kappa shape index (κ2) is 33.7. The van der Waals surface area contributed by atoms with E-state index in [-0.39, 0.29) is 75.4 Å². The van der Waals surface area contributed by atoms with Gasteiger partial charge in [0.25, 0.3) is 0 Å². The first-order valence-electron chi connectivity index (χ1n) is 18.6. The molecule has 0 fully saturated rings. The van der Waals surface area contributed by atoms with Crippen LogP contribution < -0.4 is 0 Å². The minimum Gasteiger partial charge on any atom is -0.478 e. The van der Waals surface area contributed by atoms with Crippen molar-refractivity contribution in [1.29, 1.82) is 5.26 Å². The average molecular weight is 1220 g/mol. The van der Waals surface area contributed by atoms with Gasteiger partial charge in [0.2, 0.25) is 5.89 Å². The van der Waals surface area contributed by atoms with Crippen LogP contribution in [0.5, 0.6) is 0 Å². The number of hydrogen-bond donors (Lipinski definition) is 3. The number of nitriles is 1. The fourth-order valence-electron chi connectivity index (χ4n) is 4.27. The number of aromatic carboxylic acids is 1. The number of aldehydes is 1. The topological polar surface area (TPSA) is 265 Å². The lowest BCUT2D eigenvalue weighted by Crippen LogP contribution is -2.00. The molecule has 0 aliphatic heterocycles. The third-order valence-corrected chi connectivity index (χ3v) is 9.45. The van der Waals surface area contributed by atoms with Crippen LogP contribution in [-0.4, -0.2) is 73.2 Å². The third-order valence-electron chi connectivity index (χ3n) is 7.13. The molecule has 72 heavy (non-hydrogen) atoms. The summed E-state index contributed by atoms with van der Waals surface area (Å²) >= 11 is 66.3. The Morgan fingerprint density at radius 1 is 0.611 bits per heavy atom. The second-order valence-corrected chi connectivity index (χ2v) is 17.1. The first kappa shape index (κ1) is 63.1. The summed E-state index contributed by atoms with van der Waals surface area (Å²) in [4.78, 5) is 60.8. The van der Waals surface area contributed by atoms with E-state index in [1.165, 1.54) is 92.7 Å². The Hall–Kier alpha value is -4.98. The van der Waals surface area contributed by atoms with Crippen LogP contribution in [0.1, 0.15) is 66.7 Å². The van der Waals surface area contributed by atoms with Crippen LogP contribution in [-0.2, 0) is 6.61 Å². The van der Waals surface area contributed by atoms with E-state index < -0.39 is 12.1 Å². The molecule has 8 aromatic heterocycles. The summed E-state index contributed by atoms with van der Waals surface area (Å²) in [5.74, 6) is -0.958. The van der Waals surface area contributed by atoms with Crippen LogP contribution in [0.15, 0.2) is 113 Å². The summed E-state index contributed by atoms with van der Waals surface area (Å²) in [7, 11) is 0. The zero-order valence-corrected chi connectivity index (χ0v) is 44.7. The molecule has 0 aliphatic carbocycles. The van der Waals surface area contributed by atoms with Crippen molar-refractivity contribution in [3.8, 4) is 6.07 Å². The molecule has 8 aromatic rings. The molecule has 0 aromatic carbocycles. The van der Waals surface area contributed by atoms with Crippen molar-refractivity contribution in [3.05, 3.63) is 205 Å². The number of aliphatic hydroxyl groups is 2. The van der Waals surface area contributed by atoms with E-state index in [0.29, 0.717) is 44.4 Å². The van der Waals surface area contributed by atoms with Crippen LogP contribution in [0, 0.1) is 11.3 Å². The maximum absolute atomic E-state index is 10.8. The third kappa shape index (κ3) is 26.1. The van der Waals surface area contributed by atoms with Gasteiger partial charge < -0.3 is 24.2 Å². The number of oxazole rings is 2. The Kier molecular flexibility index (Phi) is 29.5. The summed E-state index contributed by atoms with van der Waals surface area (Å²) in [6.45, 7) is 1.38. The van der Waals surface area contributed by atoms with Crippen molar-refractivity contribution in [2.24, 2.45) is 0 Å². The smallest absolute Gasteiger partial charge is 0.335 e. The molecule has 0 spiro atoms. The van der Waals surface area contributed by atoms with Gasteiger partial charge in [-0.25, -0.2) is 44.7 Å². The highest BCUT2D eigenvalue weighted by Gasteiger charge is 2.16. The van der Waals surface area contributed by atoms with E-state index in [1.54, 1.807) is 18.3 Å². The van der Waals surface area contributed by atoms with Gasteiger partial charge in [-0.15, -0.1) is 0 Å². The van der Waals surface area contributed by atoms with Gasteiger partial charge in [0.15, 0.2) is 18.3 Å². The number of nitrogens with zero attached hydrogens (tertiary/aromatic N) is 9. The molecule has 17 nitrogen and oxygen atoms in total. The predicted molar refractivity (Wildman–Crippen MR) is 276 cm³/mol. The van der Waals surface area contributed by atoms with Gasteiger partial charge in [-0.3, -0.25) is 9.59 Å². The molecule has 8 heterocycles. The van der Waals surface area contributed by atoms with Crippen LogP contribution >= 0.6 is 139 Å². The number of carbonyl (C=O) groups is 3. The largest absolute Gasteiger partial charge is 0.478 e. The normalized spacial score (nSPS) is 10.1. The fraction of sp³-hybridized carbons (Fsp3) is 0.0698. The number of carbonyl (C=O) groups excluding carboxylic acids is 2. The average Bonchev–Trinajstić information content (AvgIpc) is 4.07.